The van der Waals surface area contributed by atoms with Crippen molar-refractivity contribution in [2.24, 2.45) is 0 Å². The van der Waals surface area contributed by atoms with Gasteiger partial charge in [0.2, 0.25) is 0 Å². The first-order valence-electron chi connectivity index (χ1n) is 14.3. The number of amides is 2. The fourth-order valence-corrected chi connectivity index (χ4v) is 6.22. The van der Waals surface area contributed by atoms with Gasteiger partial charge >= 0.3 is 0 Å². The summed E-state index contributed by atoms with van der Waals surface area (Å²) in [6.07, 6.45) is 0. The summed E-state index contributed by atoms with van der Waals surface area (Å²) >= 11 is 0. The minimum Gasteiger partial charge on any atom is -0.493 e. The van der Waals surface area contributed by atoms with Gasteiger partial charge in [0, 0.05) is 32.2 Å². The molecule has 2 unspecified atom stereocenters. The molecule has 2 heterocycles. The molecule has 0 bridgehead atoms. The van der Waals surface area contributed by atoms with E-state index in [9.17, 15) is 9.59 Å². The lowest BCUT2D eigenvalue weighted by molar-refractivity contribution is 0.0608. The van der Waals surface area contributed by atoms with Gasteiger partial charge in [0.15, 0.2) is 11.5 Å². The number of methoxy groups -OCH3 is 2. The third-order valence-corrected chi connectivity index (χ3v) is 8.51. The molecule has 7 nitrogen and oxygen atoms in total. The molecule has 2 amide bonds. The van der Waals surface area contributed by atoms with Crippen molar-refractivity contribution >= 4 is 17.5 Å². The summed E-state index contributed by atoms with van der Waals surface area (Å²) in [4.78, 5) is 34.5. The first-order chi connectivity index (χ1) is 20.5. The predicted octanol–water partition coefficient (Wildman–Crippen LogP) is 5.97. The number of anilines is 1. The van der Waals surface area contributed by atoms with E-state index in [0.717, 1.165) is 43.0 Å². The standard InChI is InChI=1S/C35H35N3O4/c1-24(25-11-6-4-7-12-25)36-19-21-37(22-20-36)29-16-10-15-28-32(29)35(40)38(34(28)39)33(26-13-8-5-9-14-26)27-17-18-30(41-2)31(23-27)42-3/h4-18,23-24,33H,19-22H2,1-3H3. The number of imide groups is 1. The third kappa shape index (κ3) is 4.90. The number of hydrogen-bond donors (Lipinski definition) is 0. The molecular weight excluding hydrogens is 526 g/mol. The number of piperazine rings is 1. The minimum atomic E-state index is -0.630. The summed E-state index contributed by atoms with van der Waals surface area (Å²) < 4.78 is 11.0. The first kappa shape index (κ1) is 27.5. The SMILES string of the molecule is COc1ccc(C(c2ccccc2)N2C(=O)c3cccc(N4CCN(C(C)c5ccccc5)CC4)c3C2=O)cc1OC. The largest absolute Gasteiger partial charge is 0.493 e. The molecule has 7 heteroatoms. The average Bonchev–Trinajstić information content (AvgIpc) is 3.31. The molecule has 42 heavy (non-hydrogen) atoms. The normalized spacial score (nSPS) is 16.7. The number of carbonyl (C=O) groups excluding carboxylic acids is 2. The van der Waals surface area contributed by atoms with Crippen LogP contribution in [0.5, 0.6) is 11.5 Å². The van der Waals surface area contributed by atoms with Crippen molar-refractivity contribution in [2.75, 3.05) is 45.3 Å². The summed E-state index contributed by atoms with van der Waals surface area (Å²) in [6, 6.07) is 31.0. The van der Waals surface area contributed by atoms with Gasteiger partial charge in [-0.15, -0.1) is 0 Å². The maximum Gasteiger partial charge on any atom is 0.264 e. The number of nitrogens with zero attached hydrogens (tertiary/aromatic N) is 3. The maximum atomic E-state index is 14.3. The number of benzene rings is 4. The minimum absolute atomic E-state index is 0.283. The van der Waals surface area contributed by atoms with Crippen molar-refractivity contribution in [3.63, 3.8) is 0 Å². The lowest BCUT2D eigenvalue weighted by Gasteiger charge is -2.39. The van der Waals surface area contributed by atoms with E-state index in [1.54, 1.807) is 20.3 Å². The number of ether oxygens (including phenoxy) is 2. The zero-order valence-corrected chi connectivity index (χ0v) is 24.2. The van der Waals surface area contributed by atoms with Crippen LogP contribution >= 0.6 is 0 Å². The van der Waals surface area contributed by atoms with Gasteiger partial charge in [-0.1, -0.05) is 72.8 Å². The first-order valence-corrected chi connectivity index (χ1v) is 14.3. The van der Waals surface area contributed by atoms with Gasteiger partial charge in [-0.25, -0.2) is 0 Å². The molecule has 0 saturated carbocycles. The van der Waals surface area contributed by atoms with Crippen LogP contribution in [0.25, 0.3) is 0 Å². The number of rotatable bonds is 8. The molecule has 0 aromatic heterocycles. The summed E-state index contributed by atoms with van der Waals surface area (Å²) in [6.45, 7) is 5.51. The van der Waals surface area contributed by atoms with Crippen molar-refractivity contribution < 1.29 is 19.1 Å². The Balaban J connectivity index is 1.32. The van der Waals surface area contributed by atoms with Crippen molar-refractivity contribution in [3.05, 3.63) is 125 Å². The van der Waals surface area contributed by atoms with Gasteiger partial charge in [0.05, 0.1) is 37.1 Å². The van der Waals surface area contributed by atoms with E-state index in [-0.39, 0.29) is 11.8 Å². The van der Waals surface area contributed by atoms with Crippen molar-refractivity contribution in [2.45, 2.75) is 19.0 Å². The van der Waals surface area contributed by atoms with E-state index in [4.69, 9.17) is 9.47 Å². The van der Waals surface area contributed by atoms with E-state index in [1.807, 2.05) is 66.7 Å². The second-order valence-corrected chi connectivity index (χ2v) is 10.7. The lowest BCUT2D eigenvalue weighted by atomic mass is 9.96. The molecular formula is C35H35N3O4. The van der Waals surface area contributed by atoms with E-state index in [2.05, 4.69) is 41.0 Å². The molecule has 0 spiro atoms. The van der Waals surface area contributed by atoms with Crippen LogP contribution < -0.4 is 14.4 Å². The van der Waals surface area contributed by atoms with E-state index in [1.165, 1.54) is 10.5 Å². The van der Waals surface area contributed by atoms with Crippen LogP contribution in [-0.2, 0) is 0 Å². The van der Waals surface area contributed by atoms with Crippen LogP contribution in [0.15, 0.2) is 97.1 Å². The van der Waals surface area contributed by atoms with Gasteiger partial charge in [-0.2, -0.15) is 0 Å². The van der Waals surface area contributed by atoms with Crippen molar-refractivity contribution in [1.29, 1.82) is 0 Å². The predicted molar refractivity (Wildman–Crippen MR) is 163 cm³/mol. The fraction of sp³-hybridized carbons (Fsp3) is 0.257. The molecule has 6 rings (SSSR count). The van der Waals surface area contributed by atoms with Crippen LogP contribution in [0.4, 0.5) is 5.69 Å². The Morgan fingerprint density at radius 3 is 1.93 bits per heavy atom. The Hall–Kier alpha value is -4.62. The van der Waals surface area contributed by atoms with E-state index >= 15 is 0 Å². The Bertz CT molecular complexity index is 1580. The van der Waals surface area contributed by atoms with Crippen LogP contribution in [0, 0.1) is 0 Å². The molecule has 4 aromatic rings. The van der Waals surface area contributed by atoms with Crippen LogP contribution in [0.2, 0.25) is 0 Å². The maximum absolute atomic E-state index is 14.3. The quantitative estimate of drug-likeness (QED) is 0.247. The molecule has 2 atom stereocenters. The van der Waals surface area contributed by atoms with Gasteiger partial charge in [-0.3, -0.25) is 19.4 Å². The zero-order chi connectivity index (χ0) is 29.2. The highest BCUT2D eigenvalue weighted by Crippen LogP contribution is 2.41. The van der Waals surface area contributed by atoms with Crippen molar-refractivity contribution in [1.82, 2.24) is 9.80 Å². The summed E-state index contributed by atoms with van der Waals surface area (Å²) in [7, 11) is 3.16. The Morgan fingerprint density at radius 1 is 0.643 bits per heavy atom. The average molecular weight is 562 g/mol. The molecule has 0 aliphatic carbocycles. The summed E-state index contributed by atoms with van der Waals surface area (Å²) in [5.74, 6) is 0.542. The van der Waals surface area contributed by atoms with Crippen LogP contribution in [-0.4, -0.2) is 62.0 Å². The molecule has 2 aliphatic heterocycles. The smallest absolute Gasteiger partial charge is 0.264 e. The lowest BCUT2D eigenvalue weighted by Crippen LogP contribution is -2.47. The Kier molecular flexibility index (Phi) is 7.68. The van der Waals surface area contributed by atoms with E-state index in [0.29, 0.717) is 28.7 Å². The third-order valence-electron chi connectivity index (χ3n) is 8.51. The second-order valence-electron chi connectivity index (χ2n) is 10.7. The Morgan fingerprint density at radius 2 is 1.29 bits per heavy atom. The summed E-state index contributed by atoms with van der Waals surface area (Å²) in [5.41, 5.74) is 4.64. The van der Waals surface area contributed by atoms with Gasteiger partial charge in [0.25, 0.3) is 11.8 Å². The van der Waals surface area contributed by atoms with E-state index < -0.39 is 6.04 Å². The number of fused-ring (bicyclic) bond motifs is 1. The topological polar surface area (TPSA) is 62.3 Å². The fourth-order valence-electron chi connectivity index (χ4n) is 6.22. The van der Waals surface area contributed by atoms with Crippen LogP contribution in [0.1, 0.15) is 56.4 Å². The number of hydrogen-bond acceptors (Lipinski definition) is 6. The van der Waals surface area contributed by atoms with Crippen molar-refractivity contribution in [3.8, 4) is 11.5 Å². The highest BCUT2D eigenvalue weighted by atomic mass is 16.5. The molecule has 1 saturated heterocycles. The highest BCUT2D eigenvalue weighted by molar-refractivity contribution is 6.24. The van der Waals surface area contributed by atoms with Gasteiger partial charge in [-0.05, 0) is 47.9 Å². The van der Waals surface area contributed by atoms with Gasteiger partial charge in [0.1, 0.15) is 0 Å². The monoisotopic (exact) mass is 561 g/mol. The molecule has 1 fully saturated rings. The number of carbonyl (C=O) groups is 2. The molecule has 0 N–H and O–H groups in total. The summed E-state index contributed by atoms with van der Waals surface area (Å²) in [5, 5.41) is 0. The molecule has 2 aliphatic rings. The zero-order valence-electron chi connectivity index (χ0n) is 24.2. The Labute approximate surface area is 246 Å². The highest BCUT2D eigenvalue weighted by Gasteiger charge is 2.43. The molecule has 0 radical (unpaired) electrons. The second kappa shape index (κ2) is 11.7. The molecule has 4 aromatic carbocycles. The van der Waals surface area contributed by atoms with Crippen LogP contribution in [0.3, 0.4) is 0 Å². The molecule has 214 valence electrons. The van der Waals surface area contributed by atoms with Gasteiger partial charge < -0.3 is 14.4 Å².